The van der Waals surface area contributed by atoms with Gasteiger partial charge in [-0.15, -0.1) is 11.3 Å². The van der Waals surface area contributed by atoms with Crippen molar-refractivity contribution in [2.45, 2.75) is 39.5 Å². The smallest absolute Gasteiger partial charge is 0.349 e. The maximum Gasteiger partial charge on any atom is 0.349 e. The third kappa shape index (κ3) is 4.15. The van der Waals surface area contributed by atoms with Crippen LogP contribution in [-0.4, -0.2) is 54.1 Å². The van der Waals surface area contributed by atoms with Crippen molar-refractivity contribution in [3.8, 4) is 5.75 Å². The summed E-state index contributed by atoms with van der Waals surface area (Å²) in [7, 11) is 1.52. The highest BCUT2D eigenvalue weighted by Gasteiger charge is 2.30. The number of nitrogens with zero attached hydrogens (tertiary/aromatic N) is 4. The number of carbonyl (C=O) groups is 1. The van der Waals surface area contributed by atoms with Crippen molar-refractivity contribution >= 4 is 44.2 Å². The second-order valence-electron chi connectivity index (χ2n) is 9.95. The molecular weight excluding hydrogens is 488 g/mol. The van der Waals surface area contributed by atoms with Gasteiger partial charge in [-0.2, -0.15) is 0 Å². The molecule has 0 N–H and O–H groups in total. The second-order valence-corrected chi connectivity index (χ2v) is 11.0. The van der Waals surface area contributed by atoms with Crippen molar-refractivity contribution < 1.29 is 13.9 Å². The number of ether oxygens (including phenoxy) is 1. The lowest BCUT2D eigenvalue weighted by Crippen LogP contribution is -2.49. The van der Waals surface area contributed by atoms with E-state index in [1.807, 2.05) is 23.5 Å². The minimum atomic E-state index is -0.645. The van der Waals surface area contributed by atoms with Gasteiger partial charge < -0.3 is 19.0 Å². The second kappa shape index (κ2) is 9.45. The Bertz CT molecular complexity index is 1570. The number of hydrogen-bond donors (Lipinski definition) is 0. The molecule has 1 aliphatic heterocycles. The summed E-state index contributed by atoms with van der Waals surface area (Å²) < 4.78 is 10.8. The van der Waals surface area contributed by atoms with E-state index in [1.165, 1.54) is 29.4 Å². The van der Waals surface area contributed by atoms with Gasteiger partial charge in [0.25, 0.3) is 5.91 Å². The summed E-state index contributed by atoms with van der Waals surface area (Å²) in [6, 6.07) is 6.96. The molecular formula is C28H30N4O4S. The lowest BCUT2D eigenvalue weighted by molar-refractivity contribution is 0.0742. The van der Waals surface area contributed by atoms with Crippen LogP contribution in [0.15, 0.2) is 33.5 Å². The molecule has 2 aliphatic rings. The molecule has 6 rings (SSSR count). The Labute approximate surface area is 218 Å². The fourth-order valence-corrected chi connectivity index (χ4v) is 6.87. The van der Waals surface area contributed by atoms with Crippen LogP contribution in [0.5, 0.6) is 5.75 Å². The van der Waals surface area contributed by atoms with Crippen LogP contribution < -0.4 is 15.3 Å². The molecule has 0 spiro atoms. The van der Waals surface area contributed by atoms with E-state index in [9.17, 15) is 9.59 Å². The molecule has 0 saturated carbocycles. The molecule has 0 unspecified atom stereocenters. The number of rotatable bonds is 4. The number of amides is 1. The molecule has 8 nitrogen and oxygen atoms in total. The standard InChI is InChI=1S/C28H30N4O4S/c1-4-22-29-25(23-18-9-8-16(2)14-21(18)37-26(23)30-22)31-10-12-32(13-11-31)27(33)19-15-17-6-5-7-20(35-3)24(17)36-28(19)34/h5-7,15-16H,4,8-14H2,1-3H3/t16-/m1/s1. The zero-order chi connectivity index (χ0) is 25.7. The number of aryl methyl sites for hydroxylation is 2. The van der Waals surface area contributed by atoms with E-state index in [-0.39, 0.29) is 11.5 Å². The highest BCUT2D eigenvalue weighted by atomic mass is 32.1. The van der Waals surface area contributed by atoms with Gasteiger partial charge in [0, 0.05) is 42.9 Å². The zero-order valence-electron chi connectivity index (χ0n) is 21.4. The lowest BCUT2D eigenvalue weighted by atomic mass is 9.89. The fraction of sp³-hybridized carbons (Fsp3) is 0.429. The third-order valence-electron chi connectivity index (χ3n) is 7.54. The van der Waals surface area contributed by atoms with Gasteiger partial charge in [-0.3, -0.25) is 4.79 Å². The molecule has 1 atom stereocenters. The third-order valence-corrected chi connectivity index (χ3v) is 8.69. The first-order chi connectivity index (χ1) is 18.0. The summed E-state index contributed by atoms with van der Waals surface area (Å²) in [6.45, 7) is 6.71. The fourth-order valence-electron chi connectivity index (χ4n) is 5.47. The average molecular weight is 519 g/mol. The molecule has 4 aromatic rings. The number of thiophene rings is 1. The highest BCUT2D eigenvalue weighted by molar-refractivity contribution is 7.19. The summed E-state index contributed by atoms with van der Waals surface area (Å²) in [5.41, 5.74) is 1.17. The Kier molecular flexibility index (Phi) is 6.10. The van der Waals surface area contributed by atoms with E-state index >= 15 is 0 Å². The molecule has 0 bridgehead atoms. The summed E-state index contributed by atoms with van der Waals surface area (Å²) in [4.78, 5) is 42.5. The van der Waals surface area contributed by atoms with Crippen molar-refractivity contribution in [1.29, 1.82) is 0 Å². The van der Waals surface area contributed by atoms with Crippen LogP contribution in [-0.2, 0) is 19.3 Å². The number of piperazine rings is 1. The predicted octanol–water partition coefficient (Wildman–Crippen LogP) is 4.46. The van der Waals surface area contributed by atoms with Gasteiger partial charge in [-0.1, -0.05) is 26.0 Å². The van der Waals surface area contributed by atoms with Crippen LogP contribution in [0, 0.1) is 5.92 Å². The SMILES string of the molecule is CCc1nc(N2CCN(C(=O)c3cc4cccc(OC)c4oc3=O)CC2)c2c3c(sc2n1)C[C@H](C)CC3. The van der Waals surface area contributed by atoms with Gasteiger partial charge in [-0.05, 0) is 42.9 Å². The molecule has 1 amide bonds. The van der Waals surface area contributed by atoms with Crippen LogP contribution in [0.25, 0.3) is 21.2 Å². The molecule has 192 valence electrons. The number of para-hydroxylation sites is 1. The first kappa shape index (κ1) is 23.9. The van der Waals surface area contributed by atoms with Gasteiger partial charge in [0.05, 0.1) is 12.5 Å². The summed E-state index contributed by atoms with van der Waals surface area (Å²) in [5.74, 6) is 2.72. The Morgan fingerprint density at radius 3 is 2.78 bits per heavy atom. The highest BCUT2D eigenvalue weighted by Crippen LogP contribution is 2.41. The Morgan fingerprint density at radius 2 is 2.03 bits per heavy atom. The van der Waals surface area contributed by atoms with Crippen LogP contribution in [0.2, 0.25) is 0 Å². The first-order valence-corrected chi connectivity index (χ1v) is 13.7. The zero-order valence-corrected chi connectivity index (χ0v) is 22.2. The molecule has 1 saturated heterocycles. The minimum Gasteiger partial charge on any atom is -0.493 e. The quantitative estimate of drug-likeness (QED) is 0.369. The largest absolute Gasteiger partial charge is 0.493 e. The average Bonchev–Trinajstić information content (AvgIpc) is 3.28. The van der Waals surface area contributed by atoms with Crippen molar-refractivity contribution in [3.63, 3.8) is 0 Å². The summed E-state index contributed by atoms with van der Waals surface area (Å²) >= 11 is 1.82. The number of hydrogen-bond acceptors (Lipinski definition) is 8. The Morgan fingerprint density at radius 1 is 1.22 bits per heavy atom. The van der Waals surface area contributed by atoms with Gasteiger partial charge in [0.15, 0.2) is 11.3 Å². The lowest BCUT2D eigenvalue weighted by Gasteiger charge is -2.36. The van der Waals surface area contributed by atoms with Crippen LogP contribution in [0.3, 0.4) is 0 Å². The molecule has 3 aromatic heterocycles. The number of aromatic nitrogens is 2. The van der Waals surface area contributed by atoms with Crippen molar-refractivity contribution in [2.24, 2.45) is 5.92 Å². The summed E-state index contributed by atoms with van der Waals surface area (Å²) in [5, 5.41) is 1.86. The van der Waals surface area contributed by atoms with Crippen molar-refractivity contribution in [2.75, 3.05) is 38.2 Å². The van der Waals surface area contributed by atoms with Gasteiger partial charge in [0.1, 0.15) is 22.0 Å². The Balaban J connectivity index is 1.27. The maximum atomic E-state index is 13.3. The number of methoxy groups -OCH3 is 1. The van der Waals surface area contributed by atoms with E-state index in [4.69, 9.17) is 19.1 Å². The molecule has 0 radical (unpaired) electrons. The topological polar surface area (TPSA) is 88.8 Å². The number of carbonyl (C=O) groups excluding carboxylic acids is 1. The van der Waals surface area contributed by atoms with E-state index in [0.29, 0.717) is 48.8 Å². The van der Waals surface area contributed by atoms with E-state index in [0.717, 1.165) is 35.7 Å². The molecule has 37 heavy (non-hydrogen) atoms. The van der Waals surface area contributed by atoms with Crippen molar-refractivity contribution in [1.82, 2.24) is 14.9 Å². The Hall–Kier alpha value is -3.46. The molecule has 9 heteroatoms. The van der Waals surface area contributed by atoms with Crippen molar-refractivity contribution in [3.05, 3.63) is 56.5 Å². The molecule has 1 aliphatic carbocycles. The monoisotopic (exact) mass is 518 g/mol. The summed E-state index contributed by atoms with van der Waals surface area (Å²) in [6.07, 6.45) is 4.15. The molecule has 4 heterocycles. The number of anilines is 1. The molecule has 1 fully saturated rings. The van der Waals surface area contributed by atoms with Crippen LogP contribution in [0.4, 0.5) is 5.82 Å². The van der Waals surface area contributed by atoms with Gasteiger partial charge in [0.2, 0.25) is 0 Å². The number of fused-ring (bicyclic) bond motifs is 4. The van der Waals surface area contributed by atoms with E-state index in [1.54, 1.807) is 17.0 Å². The predicted molar refractivity (Wildman–Crippen MR) is 145 cm³/mol. The minimum absolute atomic E-state index is 0.0490. The van der Waals surface area contributed by atoms with Gasteiger partial charge in [-0.25, -0.2) is 14.8 Å². The van der Waals surface area contributed by atoms with E-state index in [2.05, 4.69) is 18.7 Å². The normalized spacial score (nSPS) is 17.9. The molecule has 1 aromatic carbocycles. The van der Waals surface area contributed by atoms with E-state index < -0.39 is 5.63 Å². The number of benzene rings is 1. The van der Waals surface area contributed by atoms with Gasteiger partial charge >= 0.3 is 5.63 Å². The maximum absolute atomic E-state index is 13.3. The first-order valence-electron chi connectivity index (χ1n) is 12.9. The van der Waals surface area contributed by atoms with Crippen LogP contribution >= 0.6 is 11.3 Å². The van der Waals surface area contributed by atoms with Crippen LogP contribution in [0.1, 0.15) is 46.9 Å².